The number of nitrogens with zero attached hydrogens (tertiary/aromatic N) is 3. The van der Waals surface area contributed by atoms with Gasteiger partial charge in [-0.05, 0) is 24.5 Å². The average molecular weight is 331 g/mol. The van der Waals surface area contributed by atoms with E-state index in [2.05, 4.69) is 41.0 Å². The number of benzene rings is 1. The number of carbonyl (C=O) groups is 1. The summed E-state index contributed by atoms with van der Waals surface area (Å²) in [4.78, 5) is 19.5. The van der Waals surface area contributed by atoms with Gasteiger partial charge in [-0.3, -0.25) is 14.6 Å². The van der Waals surface area contributed by atoms with Crippen LogP contribution in [0.3, 0.4) is 0 Å². The fourth-order valence-electron chi connectivity index (χ4n) is 3.75. The van der Waals surface area contributed by atoms with Crippen LogP contribution in [-0.2, 0) is 22.5 Å². The predicted molar refractivity (Wildman–Crippen MR) is 94.9 cm³/mol. The zero-order valence-corrected chi connectivity index (χ0v) is 14.9. The Bertz CT molecular complexity index is 563. The Morgan fingerprint density at radius 2 is 2.00 bits per heavy atom. The van der Waals surface area contributed by atoms with Crippen LogP contribution in [0.1, 0.15) is 18.1 Å². The lowest BCUT2D eigenvalue weighted by atomic mass is 10.00. The van der Waals surface area contributed by atoms with Gasteiger partial charge in [-0.1, -0.05) is 24.3 Å². The number of hydrogen-bond donors (Lipinski definition) is 0. The minimum Gasteiger partial charge on any atom is -0.383 e. The number of rotatable bonds is 5. The molecule has 1 aromatic carbocycles. The van der Waals surface area contributed by atoms with Crippen molar-refractivity contribution in [2.45, 2.75) is 25.9 Å². The molecular weight excluding hydrogens is 302 g/mol. The van der Waals surface area contributed by atoms with E-state index in [9.17, 15) is 4.79 Å². The van der Waals surface area contributed by atoms with Crippen molar-refractivity contribution < 1.29 is 9.53 Å². The van der Waals surface area contributed by atoms with Gasteiger partial charge in [0.2, 0.25) is 5.91 Å². The molecule has 132 valence electrons. The smallest absolute Gasteiger partial charge is 0.237 e. The van der Waals surface area contributed by atoms with E-state index < -0.39 is 0 Å². The molecule has 0 N–H and O–H groups in total. The molecule has 5 heteroatoms. The summed E-state index contributed by atoms with van der Waals surface area (Å²) in [6.07, 6.45) is 0.975. The average Bonchev–Trinajstić information content (AvgIpc) is 2.60. The largest absolute Gasteiger partial charge is 0.383 e. The highest BCUT2D eigenvalue weighted by molar-refractivity contribution is 5.78. The third-order valence-electron chi connectivity index (χ3n) is 5.27. The fourth-order valence-corrected chi connectivity index (χ4v) is 3.75. The number of amides is 1. The number of carbonyl (C=O) groups excluding carboxylic acids is 1. The van der Waals surface area contributed by atoms with E-state index in [1.807, 2.05) is 4.90 Å². The predicted octanol–water partition coefficient (Wildman–Crippen LogP) is 1.22. The summed E-state index contributed by atoms with van der Waals surface area (Å²) in [5, 5.41) is 0. The normalized spacial score (nSPS) is 22.4. The monoisotopic (exact) mass is 331 g/mol. The maximum absolute atomic E-state index is 12.7. The Labute approximate surface area is 145 Å². The van der Waals surface area contributed by atoms with Crippen molar-refractivity contribution in [2.75, 3.05) is 53.0 Å². The molecular formula is C19H29N3O2. The first kappa shape index (κ1) is 17.4. The Morgan fingerprint density at radius 1 is 1.21 bits per heavy atom. The first-order chi connectivity index (χ1) is 11.7. The van der Waals surface area contributed by atoms with Crippen LogP contribution in [0, 0.1) is 0 Å². The van der Waals surface area contributed by atoms with E-state index in [0.717, 1.165) is 52.3 Å². The van der Waals surface area contributed by atoms with Crippen molar-refractivity contribution in [3.8, 4) is 0 Å². The lowest BCUT2D eigenvalue weighted by Crippen LogP contribution is -2.55. The van der Waals surface area contributed by atoms with Gasteiger partial charge in [-0.15, -0.1) is 0 Å². The molecule has 3 rings (SSSR count). The molecule has 2 heterocycles. The molecule has 2 aliphatic heterocycles. The highest BCUT2D eigenvalue weighted by atomic mass is 16.5. The molecule has 0 unspecified atom stereocenters. The van der Waals surface area contributed by atoms with Gasteiger partial charge in [0, 0.05) is 52.4 Å². The Hall–Kier alpha value is -1.43. The van der Waals surface area contributed by atoms with Crippen LogP contribution in [0.5, 0.6) is 0 Å². The van der Waals surface area contributed by atoms with Crippen LogP contribution >= 0.6 is 0 Å². The second-order valence-corrected chi connectivity index (χ2v) is 6.95. The lowest BCUT2D eigenvalue weighted by Gasteiger charge is -2.40. The Morgan fingerprint density at radius 3 is 2.75 bits per heavy atom. The van der Waals surface area contributed by atoms with Crippen molar-refractivity contribution >= 4 is 5.91 Å². The van der Waals surface area contributed by atoms with E-state index in [4.69, 9.17) is 4.74 Å². The minimum atomic E-state index is 0.266. The zero-order valence-electron chi connectivity index (χ0n) is 14.9. The summed E-state index contributed by atoms with van der Waals surface area (Å²) >= 11 is 0. The van der Waals surface area contributed by atoms with Crippen molar-refractivity contribution in [3.63, 3.8) is 0 Å². The summed E-state index contributed by atoms with van der Waals surface area (Å²) < 4.78 is 5.18. The van der Waals surface area contributed by atoms with Gasteiger partial charge in [0.15, 0.2) is 0 Å². The van der Waals surface area contributed by atoms with Crippen molar-refractivity contribution in [2.24, 2.45) is 0 Å². The number of fused-ring (bicyclic) bond motifs is 1. The summed E-state index contributed by atoms with van der Waals surface area (Å²) in [5.74, 6) is 0.266. The molecule has 0 aromatic heterocycles. The van der Waals surface area contributed by atoms with Crippen LogP contribution in [0.2, 0.25) is 0 Å². The van der Waals surface area contributed by atoms with Crippen LogP contribution in [0.15, 0.2) is 24.3 Å². The standard InChI is InChI=1S/C19H29N3O2/c1-16-13-20(9-10-21(16)11-12-24-2)15-19(23)22-8-7-17-5-3-4-6-18(17)14-22/h3-6,16H,7-15H2,1-2H3/t16-/m1/s1. The van der Waals surface area contributed by atoms with Gasteiger partial charge in [0.25, 0.3) is 0 Å². The molecule has 24 heavy (non-hydrogen) atoms. The van der Waals surface area contributed by atoms with Gasteiger partial charge < -0.3 is 9.64 Å². The molecule has 0 spiro atoms. The second kappa shape index (κ2) is 8.10. The summed E-state index contributed by atoms with van der Waals surface area (Å²) in [6, 6.07) is 8.95. The molecule has 0 saturated carbocycles. The molecule has 1 atom stereocenters. The first-order valence-electron chi connectivity index (χ1n) is 8.97. The molecule has 1 aromatic rings. The molecule has 2 aliphatic rings. The van der Waals surface area contributed by atoms with Gasteiger partial charge in [0.1, 0.15) is 0 Å². The second-order valence-electron chi connectivity index (χ2n) is 6.95. The van der Waals surface area contributed by atoms with E-state index in [0.29, 0.717) is 12.6 Å². The van der Waals surface area contributed by atoms with Crippen LogP contribution in [0.4, 0.5) is 0 Å². The van der Waals surface area contributed by atoms with Gasteiger partial charge in [-0.25, -0.2) is 0 Å². The van der Waals surface area contributed by atoms with E-state index >= 15 is 0 Å². The first-order valence-corrected chi connectivity index (χ1v) is 8.97. The fraction of sp³-hybridized carbons (Fsp3) is 0.632. The highest BCUT2D eigenvalue weighted by Gasteiger charge is 2.27. The van der Waals surface area contributed by atoms with Gasteiger partial charge in [0.05, 0.1) is 13.2 Å². The minimum absolute atomic E-state index is 0.266. The Kier molecular flexibility index (Phi) is 5.87. The maximum atomic E-state index is 12.7. The maximum Gasteiger partial charge on any atom is 0.237 e. The molecule has 5 nitrogen and oxygen atoms in total. The van der Waals surface area contributed by atoms with Crippen LogP contribution < -0.4 is 0 Å². The SMILES string of the molecule is COCCN1CCN(CC(=O)N2CCc3ccccc3C2)C[C@H]1C. The van der Waals surface area contributed by atoms with Gasteiger partial charge >= 0.3 is 0 Å². The molecule has 1 fully saturated rings. The van der Waals surface area contributed by atoms with Crippen molar-refractivity contribution in [1.29, 1.82) is 0 Å². The van der Waals surface area contributed by atoms with E-state index in [1.165, 1.54) is 11.1 Å². The van der Waals surface area contributed by atoms with Crippen molar-refractivity contribution in [1.82, 2.24) is 14.7 Å². The summed E-state index contributed by atoms with van der Waals surface area (Å²) in [5.41, 5.74) is 2.69. The van der Waals surface area contributed by atoms with Gasteiger partial charge in [-0.2, -0.15) is 0 Å². The van der Waals surface area contributed by atoms with Crippen LogP contribution in [0.25, 0.3) is 0 Å². The number of ether oxygens (including phenoxy) is 1. The van der Waals surface area contributed by atoms with Crippen LogP contribution in [-0.4, -0.2) is 79.6 Å². The molecule has 1 amide bonds. The summed E-state index contributed by atoms with van der Waals surface area (Å²) in [6.45, 7) is 9.08. The molecule has 0 bridgehead atoms. The Balaban J connectivity index is 1.49. The quantitative estimate of drug-likeness (QED) is 0.813. The summed E-state index contributed by atoms with van der Waals surface area (Å²) in [7, 11) is 1.75. The zero-order chi connectivity index (χ0) is 16.9. The van der Waals surface area contributed by atoms with E-state index in [1.54, 1.807) is 7.11 Å². The number of hydrogen-bond acceptors (Lipinski definition) is 4. The lowest BCUT2D eigenvalue weighted by molar-refractivity contribution is -0.134. The number of methoxy groups -OCH3 is 1. The topological polar surface area (TPSA) is 36.0 Å². The van der Waals surface area contributed by atoms with Crippen molar-refractivity contribution in [3.05, 3.63) is 35.4 Å². The molecule has 0 radical (unpaired) electrons. The number of piperazine rings is 1. The third-order valence-corrected chi connectivity index (χ3v) is 5.27. The molecule has 0 aliphatic carbocycles. The third kappa shape index (κ3) is 4.15. The van der Waals surface area contributed by atoms with E-state index in [-0.39, 0.29) is 5.91 Å². The molecule has 1 saturated heterocycles. The highest BCUT2D eigenvalue weighted by Crippen LogP contribution is 2.19.